The molecule has 0 N–H and O–H groups in total. The Hall–Kier alpha value is -3.01. The van der Waals surface area contributed by atoms with Gasteiger partial charge < -0.3 is 0 Å². The van der Waals surface area contributed by atoms with E-state index in [-0.39, 0.29) is 0 Å². The van der Waals surface area contributed by atoms with Gasteiger partial charge in [0.05, 0.1) is 18.9 Å². The lowest BCUT2D eigenvalue weighted by Crippen LogP contribution is -2.31. The Morgan fingerprint density at radius 2 is 1.56 bits per heavy atom. The van der Waals surface area contributed by atoms with Crippen molar-refractivity contribution in [3.8, 4) is 0 Å². The number of unbranched alkanes of at least 4 members (excludes halogenated alkanes) is 1. The molecule has 0 atom stereocenters. The Labute approximate surface area is 148 Å². The van der Waals surface area contributed by atoms with Crippen molar-refractivity contribution in [1.82, 2.24) is 4.68 Å². The van der Waals surface area contributed by atoms with Gasteiger partial charge in [0.15, 0.2) is 12.4 Å². The number of aromatic nitrogens is 2. The van der Waals surface area contributed by atoms with Crippen LogP contribution in [0.25, 0.3) is 0 Å². The van der Waals surface area contributed by atoms with Crippen LogP contribution in [0.5, 0.6) is 0 Å². The summed E-state index contributed by atoms with van der Waals surface area (Å²) in [4.78, 5) is 0. The third-order valence-corrected chi connectivity index (χ3v) is 3.89. The average Bonchev–Trinajstić information content (AvgIpc) is 3.06. The summed E-state index contributed by atoms with van der Waals surface area (Å²) in [5, 5.41) is 9.20. The lowest BCUT2D eigenvalue weighted by Gasteiger charge is -1.97. The summed E-state index contributed by atoms with van der Waals surface area (Å²) in [6.45, 7) is 2.19. The van der Waals surface area contributed by atoms with Crippen LogP contribution < -0.4 is 4.68 Å². The molecule has 0 aliphatic rings. The minimum atomic E-state index is 0.932. The van der Waals surface area contributed by atoms with Gasteiger partial charge in [-0.1, -0.05) is 84.2 Å². The van der Waals surface area contributed by atoms with E-state index in [0.717, 1.165) is 36.2 Å². The molecule has 0 unspecified atom stereocenters. The topological polar surface area (TPSA) is 33.5 Å². The lowest BCUT2D eigenvalue weighted by atomic mass is 10.2. The summed E-state index contributed by atoms with van der Waals surface area (Å²) in [5.74, 6) is 1.07. The van der Waals surface area contributed by atoms with Crippen molar-refractivity contribution in [2.45, 2.75) is 26.2 Å². The van der Waals surface area contributed by atoms with E-state index in [1.165, 1.54) is 0 Å². The molecule has 0 saturated carbocycles. The van der Waals surface area contributed by atoms with Crippen LogP contribution in [0.15, 0.2) is 83.3 Å². The van der Waals surface area contributed by atoms with Crippen LogP contribution in [0, 0.1) is 0 Å². The predicted octanol–water partition coefficient (Wildman–Crippen LogP) is 3.88. The molecule has 3 rings (SSSR count). The Morgan fingerprint density at radius 1 is 0.920 bits per heavy atom. The Morgan fingerprint density at radius 3 is 2.20 bits per heavy atom. The largest absolute Gasteiger partial charge is 0.307 e. The van der Waals surface area contributed by atoms with Crippen LogP contribution in [-0.4, -0.2) is 17.1 Å². The Kier molecular flexibility index (Phi) is 5.88. The van der Waals surface area contributed by atoms with Crippen molar-refractivity contribution >= 4 is 12.4 Å². The fraction of sp³-hybridized carbons (Fsp3) is 0.190. The second kappa shape index (κ2) is 8.73. The van der Waals surface area contributed by atoms with Crippen LogP contribution in [0.1, 0.15) is 36.7 Å². The van der Waals surface area contributed by atoms with Gasteiger partial charge in [-0.2, -0.15) is 0 Å². The standard InChI is InChI=1S/C21H23N4/c1-2-3-14-21-24(22-17-19-10-6-4-7-11-19)15-16-25(21)23-18-20-12-8-5-9-13-20/h4-13,15-18H,2-3,14H2,1H3/q+1/b22-17+,23-18+. The number of nitrogens with zero attached hydrogens (tertiary/aromatic N) is 4. The Balaban J connectivity index is 1.85. The molecular formula is C21H23N4+. The molecule has 1 heterocycles. The Bertz CT molecular complexity index is 766. The van der Waals surface area contributed by atoms with E-state index >= 15 is 0 Å². The molecule has 4 heteroatoms. The van der Waals surface area contributed by atoms with Crippen LogP contribution in [0.4, 0.5) is 0 Å². The molecule has 3 aromatic rings. The molecule has 0 spiro atoms. The first-order valence-corrected chi connectivity index (χ1v) is 8.67. The summed E-state index contributed by atoms with van der Waals surface area (Å²) >= 11 is 0. The van der Waals surface area contributed by atoms with Gasteiger partial charge in [-0.05, 0) is 17.5 Å². The average molecular weight is 331 g/mol. The molecule has 2 aromatic carbocycles. The van der Waals surface area contributed by atoms with Crippen molar-refractivity contribution in [1.29, 1.82) is 0 Å². The van der Waals surface area contributed by atoms with E-state index in [0.29, 0.717) is 0 Å². The molecule has 1 aromatic heterocycles. The molecule has 0 aliphatic heterocycles. The van der Waals surface area contributed by atoms with E-state index in [1.807, 2.05) is 94.8 Å². The highest BCUT2D eigenvalue weighted by atomic mass is 15.5. The number of hydrogen-bond acceptors (Lipinski definition) is 2. The van der Waals surface area contributed by atoms with Gasteiger partial charge in [0.2, 0.25) is 0 Å². The monoisotopic (exact) mass is 331 g/mol. The summed E-state index contributed by atoms with van der Waals surface area (Å²) in [6.07, 6.45) is 10.8. The molecule has 0 radical (unpaired) electrons. The van der Waals surface area contributed by atoms with E-state index in [2.05, 4.69) is 17.1 Å². The SMILES string of the molecule is CCCCc1n(/N=C/c2ccccc2)cc[n+]1/N=C/c1ccccc1. The highest BCUT2D eigenvalue weighted by Crippen LogP contribution is 2.03. The van der Waals surface area contributed by atoms with Gasteiger partial charge in [-0.3, -0.25) is 0 Å². The maximum absolute atomic E-state index is 4.60. The second-order valence-electron chi connectivity index (χ2n) is 5.82. The predicted molar refractivity (Wildman–Crippen MR) is 102 cm³/mol. The maximum atomic E-state index is 4.60. The zero-order chi connectivity index (χ0) is 17.3. The normalized spacial score (nSPS) is 11.6. The highest BCUT2D eigenvalue weighted by molar-refractivity contribution is 5.79. The van der Waals surface area contributed by atoms with Crippen molar-refractivity contribution < 1.29 is 4.68 Å². The molecule has 0 amide bonds. The summed E-state index contributed by atoms with van der Waals surface area (Å²) in [5.41, 5.74) is 2.16. The molecule has 126 valence electrons. The first-order chi connectivity index (χ1) is 12.4. The lowest BCUT2D eigenvalue weighted by molar-refractivity contribution is -0.685. The molecule has 0 aliphatic carbocycles. The van der Waals surface area contributed by atoms with E-state index in [9.17, 15) is 0 Å². The summed E-state index contributed by atoms with van der Waals surface area (Å²) in [7, 11) is 0. The molecule has 25 heavy (non-hydrogen) atoms. The third-order valence-electron chi connectivity index (χ3n) is 3.89. The third kappa shape index (κ3) is 4.73. The number of rotatable bonds is 7. The number of imidazole rings is 1. The fourth-order valence-corrected chi connectivity index (χ4v) is 2.51. The summed E-state index contributed by atoms with van der Waals surface area (Å²) < 4.78 is 3.82. The fourth-order valence-electron chi connectivity index (χ4n) is 2.51. The molecule has 0 saturated heterocycles. The van der Waals surface area contributed by atoms with Crippen molar-refractivity contribution in [3.63, 3.8) is 0 Å². The van der Waals surface area contributed by atoms with Gasteiger partial charge in [0.1, 0.15) is 0 Å². The molecule has 4 nitrogen and oxygen atoms in total. The molecule has 0 fully saturated rings. The summed E-state index contributed by atoms with van der Waals surface area (Å²) in [6, 6.07) is 20.2. The molecular weight excluding hydrogens is 308 g/mol. The zero-order valence-corrected chi connectivity index (χ0v) is 14.5. The second-order valence-corrected chi connectivity index (χ2v) is 5.82. The van der Waals surface area contributed by atoms with Crippen LogP contribution in [0.3, 0.4) is 0 Å². The van der Waals surface area contributed by atoms with Gasteiger partial charge in [0.25, 0.3) is 0 Å². The van der Waals surface area contributed by atoms with E-state index in [4.69, 9.17) is 0 Å². The number of hydrogen-bond donors (Lipinski definition) is 0. The quantitative estimate of drug-likeness (QED) is 0.465. The van der Waals surface area contributed by atoms with Crippen LogP contribution >= 0.6 is 0 Å². The van der Waals surface area contributed by atoms with Gasteiger partial charge in [-0.15, -0.1) is 9.35 Å². The first-order valence-electron chi connectivity index (χ1n) is 8.67. The van der Waals surface area contributed by atoms with Gasteiger partial charge >= 0.3 is 5.82 Å². The van der Waals surface area contributed by atoms with Gasteiger partial charge in [0, 0.05) is 0 Å². The van der Waals surface area contributed by atoms with Crippen LogP contribution in [0.2, 0.25) is 0 Å². The van der Waals surface area contributed by atoms with Crippen molar-refractivity contribution in [2.24, 2.45) is 10.2 Å². The van der Waals surface area contributed by atoms with E-state index in [1.54, 1.807) is 0 Å². The van der Waals surface area contributed by atoms with Gasteiger partial charge in [-0.25, -0.2) is 0 Å². The zero-order valence-electron chi connectivity index (χ0n) is 14.5. The van der Waals surface area contributed by atoms with Crippen molar-refractivity contribution in [3.05, 3.63) is 90.0 Å². The van der Waals surface area contributed by atoms with Crippen LogP contribution in [-0.2, 0) is 6.42 Å². The smallest absolute Gasteiger partial charge is 0.103 e. The number of benzene rings is 2. The minimum absolute atomic E-state index is 0.932. The highest BCUT2D eigenvalue weighted by Gasteiger charge is 2.16. The first kappa shape index (κ1) is 16.8. The molecule has 0 bridgehead atoms. The van der Waals surface area contributed by atoms with Crippen molar-refractivity contribution in [2.75, 3.05) is 0 Å². The maximum Gasteiger partial charge on any atom is 0.307 e. The van der Waals surface area contributed by atoms with E-state index < -0.39 is 0 Å². The minimum Gasteiger partial charge on any atom is -0.103 e.